The largest absolute Gasteiger partial charge is 0.476 e. The second-order valence-electron chi connectivity index (χ2n) is 11.5. The van der Waals surface area contributed by atoms with Crippen LogP contribution in [-0.2, 0) is 10.0 Å². The molecule has 39 heavy (non-hydrogen) atoms. The van der Waals surface area contributed by atoms with Crippen molar-refractivity contribution in [2.24, 2.45) is 11.3 Å². The summed E-state index contributed by atoms with van der Waals surface area (Å²) in [7, 11) is -3.30. The summed E-state index contributed by atoms with van der Waals surface area (Å²) in [6, 6.07) is 0.0523. The van der Waals surface area contributed by atoms with Crippen LogP contribution >= 0.6 is 0 Å². The van der Waals surface area contributed by atoms with Gasteiger partial charge in [-0.2, -0.15) is 4.31 Å². The average molecular weight is 564 g/mol. The van der Waals surface area contributed by atoms with Gasteiger partial charge in [-0.25, -0.2) is 23.2 Å². The third kappa shape index (κ3) is 6.51. The third-order valence-corrected chi connectivity index (χ3v) is 10.7. The fourth-order valence-corrected chi connectivity index (χ4v) is 7.36. The smallest absolute Gasteiger partial charge is 0.407 e. The third-order valence-electron chi connectivity index (χ3n) is 8.76. The van der Waals surface area contributed by atoms with E-state index >= 15 is 0 Å². The first-order chi connectivity index (χ1) is 18.6. The van der Waals surface area contributed by atoms with E-state index in [1.165, 1.54) is 0 Å². The van der Waals surface area contributed by atoms with Crippen LogP contribution < -0.4 is 15.0 Å². The number of hydrogen-bond acceptors (Lipinski definition) is 9. The van der Waals surface area contributed by atoms with Crippen LogP contribution in [0.1, 0.15) is 46.0 Å². The van der Waals surface area contributed by atoms with Crippen molar-refractivity contribution in [1.29, 1.82) is 0 Å². The first-order valence-corrected chi connectivity index (χ1v) is 15.6. The molecule has 2 saturated heterocycles. The topological polar surface area (TPSA) is 131 Å². The molecule has 1 aromatic rings. The molecule has 1 amide bonds. The number of carbonyl (C=O) groups is 1. The molecule has 5 rings (SSSR count). The van der Waals surface area contributed by atoms with Crippen LogP contribution in [0.3, 0.4) is 0 Å². The van der Waals surface area contributed by atoms with E-state index in [1.54, 1.807) is 21.6 Å². The monoisotopic (exact) mass is 563 g/mol. The van der Waals surface area contributed by atoms with E-state index in [0.717, 1.165) is 25.7 Å². The Bertz CT molecular complexity index is 1140. The zero-order valence-corrected chi connectivity index (χ0v) is 23.7. The van der Waals surface area contributed by atoms with Gasteiger partial charge in [-0.1, -0.05) is 6.92 Å². The molecule has 3 aliphatic heterocycles. The van der Waals surface area contributed by atoms with Gasteiger partial charge in [0.1, 0.15) is 5.82 Å². The minimum absolute atomic E-state index is 0.0523. The molecule has 2 N–H and O–H groups in total. The Morgan fingerprint density at radius 3 is 2.56 bits per heavy atom. The SMILES string of the molecule is CC1NC=CN1CCCS(=O)(=O)N1CCN(c2cnc(OCC3CCN(C(=O)O)C(C4(C)CC4)C3)cn2)CC1. The molecule has 3 fully saturated rings. The van der Waals surface area contributed by atoms with Crippen molar-refractivity contribution in [2.45, 2.75) is 58.2 Å². The molecule has 1 saturated carbocycles. The summed E-state index contributed by atoms with van der Waals surface area (Å²) in [4.78, 5) is 26.4. The Hall–Kier alpha value is -2.80. The molecule has 1 aliphatic carbocycles. The quantitative estimate of drug-likeness (QED) is 0.436. The number of ether oxygens (including phenoxy) is 1. The number of likely N-dealkylation sites (tertiary alicyclic amines) is 1. The second kappa shape index (κ2) is 11.4. The lowest BCUT2D eigenvalue weighted by Crippen LogP contribution is -2.50. The lowest BCUT2D eigenvalue weighted by atomic mass is 9.83. The summed E-state index contributed by atoms with van der Waals surface area (Å²) in [5, 5.41) is 12.8. The summed E-state index contributed by atoms with van der Waals surface area (Å²) in [5.41, 5.74) is 0.101. The molecule has 0 bridgehead atoms. The molecule has 0 radical (unpaired) electrons. The lowest BCUT2D eigenvalue weighted by molar-refractivity contribution is 0.0483. The Morgan fingerprint density at radius 1 is 1.18 bits per heavy atom. The van der Waals surface area contributed by atoms with Gasteiger partial charge in [0.15, 0.2) is 0 Å². The number of nitrogens with one attached hydrogen (secondary N) is 1. The van der Waals surface area contributed by atoms with Gasteiger partial charge in [0.05, 0.1) is 30.9 Å². The minimum Gasteiger partial charge on any atom is -0.476 e. The van der Waals surface area contributed by atoms with Crippen LogP contribution in [0, 0.1) is 11.3 Å². The van der Waals surface area contributed by atoms with Crippen LogP contribution in [0.15, 0.2) is 24.8 Å². The van der Waals surface area contributed by atoms with E-state index in [-0.39, 0.29) is 29.3 Å². The molecule has 13 heteroatoms. The van der Waals surface area contributed by atoms with Gasteiger partial charge in [0, 0.05) is 57.7 Å². The molecule has 4 heterocycles. The highest BCUT2D eigenvalue weighted by molar-refractivity contribution is 7.89. The molecule has 0 spiro atoms. The summed E-state index contributed by atoms with van der Waals surface area (Å²) in [5.74, 6) is 1.59. The number of aromatic nitrogens is 2. The van der Waals surface area contributed by atoms with Crippen LogP contribution in [0.25, 0.3) is 0 Å². The second-order valence-corrected chi connectivity index (χ2v) is 13.6. The maximum atomic E-state index is 12.8. The number of amides is 1. The maximum Gasteiger partial charge on any atom is 0.407 e. The zero-order valence-electron chi connectivity index (χ0n) is 22.9. The molecule has 0 aromatic carbocycles. The fraction of sp³-hybridized carbons (Fsp3) is 0.731. The lowest BCUT2D eigenvalue weighted by Gasteiger charge is -2.41. The number of rotatable bonds is 10. The van der Waals surface area contributed by atoms with Crippen molar-refractivity contribution in [3.05, 3.63) is 24.8 Å². The van der Waals surface area contributed by atoms with E-state index < -0.39 is 16.1 Å². The number of sulfonamides is 1. The van der Waals surface area contributed by atoms with E-state index in [1.807, 2.05) is 24.2 Å². The normalized spacial score (nSPS) is 26.9. The number of hydrogen-bond donors (Lipinski definition) is 2. The van der Waals surface area contributed by atoms with Crippen LogP contribution in [-0.4, -0.2) is 108 Å². The van der Waals surface area contributed by atoms with Crippen molar-refractivity contribution in [3.8, 4) is 5.88 Å². The predicted octanol–water partition coefficient (Wildman–Crippen LogP) is 1.98. The number of piperidine rings is 1. The van der Waals surface area contributed by atoms with Gasteiger partial charge in [-0.3, -0.25) is 0 Å². The Labute approximate surface area is 231 Å². The number of piperazine rings is 1. The number of nitrogens with zero attached hydrogens (tertiary/aromatic N) is 6. The van der Waals surface area contributed by atoms with Gasteiger partial charge in [-0.15, -0.1) is 0 Å². The van der Waals surface area contributed by atoms with Crippen molar-refractivity contribution in [1.82, 2.24) is 29.4 Å². The molecule has 1 aromatic heterocycles. The highest BCUT2D eigenvalue weighted by atomic mass is 32.2. The summed E-state index contributed by atoms with van der Waals surface area (Å²) in [6.45, 7) is 7.96. The van der Waals surface area contributed by atoms with Gasteiger partial charge in [-0.05, 0) is 50.4 Å². The maximum absolute atomic E-state index is 12.8. The van der Waals surface area contributed by atoms with Gasteiger partial charge >= 0.3 is 6.09 Å². The molecular weight excluding hydrogens is 522 g/mol. The number of anilines is 1. The Kier molecular flexibility index (Phi) is 8.08. The Balaban J connectivity index is 1.06. The molecule has 216 valence electrons. The van der Waals surface area contributed by atoms with Crippen molar-refractivity contribution < 1.29 is 23.1 Å². The highest BCUT2D eigenvalue weighted by Gasteiger charge is 2.50. The standard InChI is InChI=1S/C26H41N7O5S/c1-20-27-7-10-30(20)8-3-15-39(36,37)32-13-11-31(12-14-32)23-17-29-24(18-28-23)38-19-21-4-9-33(25(34)35)22(16-21)26(2)5-6-26/h7,10,17-18,20-22,27H,3-6,8-9,11-16,19H2,1-2H3,(H,34,35). The first kappa shape index (κ1) is 27.8. The number of carboxylic acid groups (broad SMARTS) is 1. The van der Waals surface area contributed by atoms with Crippen molar-refractivity contribution in [2.75, 3.05) is 56.5 Å². The fourth-order valence-electron chi connectivity index (χ4n) is 5.89. The van der Waals surface area contributed by atoms with Gasteiger partial charge in [0.25, 0.3) is 0 Å². The molecule has 4 aliphatic rings. The molecule has 12 nitrogen and oxygen atoms in total. The predicted molar refractivity (Wildman–Crippen MR) is 147 cm³/mol. The van der Waals surface area contributed by atoms with Gasteiger partial charge < -0.3 is 29.9 Å². The Morgan fingerprint density at radius 2 is 1.95 bits per heavy atom. The minimum atomic E-state index is -3.30. The van der Waals surface area contributed by atoms with E-state index in [2.05, 4.69) is 27.1 Å². The van der Waals surface area contributed by atoms with E-state index in [9.17, 15) is 18.3 Å². The summed E-state index contributed by atoms with van der Waals surface area (Å²) >= 11 is 0. The van der Waals surface area contributed by atoms with Crippen LogP contribution in [0.4, 0.5) is 10.6 Å². The average Bonchev–Trinajstić information content (AvgIpc) is 3.56. The van der Waals surface area contributed by atoms with Crippen LogP contribution in [0.5, 0.6) is 5.88 Å². The summed E-state index contributed by atoms with van der Waals surface area (Å²) in [6.07, 6.45) is 10.9. The molecule has 3 atom stereocenters. The van der Waals surface area contributed by atoms with Crippen molar-refractivity contribution >= 4 is 21.9 Å². The summed E-state index contributed by atoms with van der Waals surface area (Å²) < 4.78 is 33.2. The first-order valence-electron chi connectivity index (χ1n) is 14.0. The zero-order chi connectivity index (χ0) is 27.6. The molecule has 3 unspecified atom stereocenters. The van der Waals surface area contributed by atoms with E-state index in [0.29, 0.717) is 64.0 Å². The highest BCUT2D eigenvalue weighted by Crippen LogP contribution is 2.53. The van der Waals surface area contributed by atoms with E-state index in [4.69, 9.17) is 4.74 Å². The molecular formula is C26H41N7O5S. The van der Waals surface area contributed by atoms with Crippen molar-refractivity contribution in [3.63, 3.8) is 0 Å². The van der Waals surface area contributed by atoms with Crippen LogP contribution in [0.2, 0.25) is 0 Å². The van der Waals surface area contributed by atoms with Gasteiger partial charge in [0.2, 0.25) is 15.9 Å².